The highest BCUT2D eigenvalue weighted by molar-refractivity contribution is 7.15. The number of fused-ring (bicyclic) bond motifs is 2. The lowest BCUT2D eigenvalue weighted by Gasteiger charge is -2.15. The Hall–Kier alpha value is -2.21. The van der Waals surface area contributed by atoms with Gasteiger partial charge in [0.2, 0.25) is 0 Å². The average molecular weight is 344 g/mol. The maximum atomic E-state index is 13.4. The van der Waals surface area contributed by atoms with Gasteiger partial charge in [0.05, 0.1) is 5.69 Å². The second kappa shape index (κ2) is 5.70. The smallest absolute Gasteiger partial charge is 0.293 e. The fourth-order valence-electron chi connectivity index (χ4n) is 3.16. The third kappa shape index (κ3) is 2.60. The van der Waals surface area contributed by atoms with Gasteiger partial charge >= 0.3 is 0 Å². The SMILES string of the molecule is Cc1c(C(=O)Nc2nc3c(s2)C[C@@H](C)CC3)oc2ccc(F)cc12. The molecule has 2 aromatic heterocycles. The molecule has 0 bridgehead atoms. The number of aryl methyl sites for hydroxylation is 2. The van der Waals surface area contributed by atoms with E-state index in [2.05, 4.69) is 17.2 Å². The average Bonchev–Trinajstić information content (AvgIpc) is 3.08. The van der Waals surface area contributed by atoms with E-state index in [1.54, 1.807) is 6.92 Å². The molecule has 6 heteroatoms. The van der Waals surface area contributed by atoms with Crippen LogP contribution in [0.5, 0.6) is 0 Å². The van der Waals surface area contributed by atoms with Gasteiger partial charge in [-0.2, -0.15) is 0 Å². The lowest BCUT2D eigenvalue weighted by atomic mass is 9.93. The van der Waals surface area contributed by atoms with Gasteiger partial charge in [-0.3, -0.25) is 10.1 Å². The Bertz CT molecular complexity index is 944. The van der Waals surface area contributed by atoms with Crippen LogP contribution in [0.1, 0.15) is 40.0 Å². The molecule has 1 atom stereocenters. The van der Waals surface area contributed by atoms with E-state index in [1.165, 1.54) is 34.4 Å². The van der Waals surface area contributed by atoms with Crippen molar-refractivity contribution >= 4 is 33.3 Å². The fourth-order valence-corrected chi connectivity index (χ4v) is 4.32. The lowest BCUT2D eigenvalue weighted by molar-refractivity contribution is 0.0998. The zero-order valence-electron chi connectivity index (χ0n) is 13.5. The molecule has 0 spiro atoms. The molecule has 1 aliphatic rings. The van der Waals surface area contributed by atoms with Gasteiger partial charge in [-0.15, -0.1) is 11.3 Å². The normalized spacial score (nSPS) is 17.0. The molecule has 0 aliphatic heterocycles. The molecule has 0 unspecified atom stereocenters. The molecule has 1 aromatic carbocycles. The summed E-state index contributed by atoms with van der Waals surface area (Å²) < 4.78 is 19.0. The molecule has 1 amide bonds. The van der Waals surface area contributed by atoms with Gasteiger partial charge in [-0.25, -0.2) is 9.37 Å². The zero-order valence-corrected chi connectivity index (χ0v) is 14.3. The highest BCUT2D eigenvalue weighted by Crippen LogP contribution is 2.33. The number of hydrogen-bond donors (Lipinski definition) is 1. The number of benzene rings is 1. The summed E-state index contributed by atoms with van der Waals surface area (Å²) in [5.41, 5.74) is 2.24. The number of halogens is 1. The molecule has 124 valence electrons. The molecular weight excluding hydrogens is 327 g/mol. The van der Waals surface area contributed by atoms with E-state index in [1.807, 2.05) is 0 Å². The van der Waals surface area contributed by atoms with Crippen molar-refractivity contribution in [3.63, 3.8) is 0 Å². The van der Waals surface area contributed by atoms with Crippen molar-refractivity contribution in [3.8, 4) is 0 Å². The highest BCUT2D eigenvalue weighted by Gasteiger charge is 2.23. The molecule has 2 heterocycles. The molecule has 24 heavy (non-hydrogen) atoms. The van der Waals surface area contributed by atoms with Crippen molar-refractivity contribution in [1.29, 1.82) is 0 Å². The first-order chi connectivity index (χ1) is 11.5. The molecular formula is C18H17FN2O2S. The summed E-state index contributed by atoms with van der Waals surface area (Å²) in [6.45, 7) is 3.99. The number of anilines is 1. The Morgan fingerprint density at radius 1 is 1.46 bits per heavy atom. The van der Waals surface area contributed by atoms with Gasteiger partial charge < -0.3 is 4.42 Å². The summed E-state index contributed by atoms with van der Waals surface area (Å²) in [6.07, 6.45) is 3.12. The van der Waals surface area contributed by atoms with E-state index in [0.717, 1.165) is 25.0 Å². The van der Waals surface area contributed by atoms with Crippen LogP contribution in [0.4, 0.5) is 9.52 Å². The predicted octanol–water partition coefficient (Wildman–Crippen LogP) is 4.71. The largest absolute Gasteiger partial charge is 0.451 e. The fraction of sp³-hybridized carbons (Fsp3) is 0.333. The van der Waals surface area contributed by atoms with E-state index >= 15 is 0 Å². The maximum Gasteiger partial charge on any atom is 0.293 e. The molecule has 1 aliphatic carbocycles. The van der Waals surface area contributed by atoms with Crippen molar-refractivity contribution in [1.82, 2.24) is 4.98 Å². The minimum Gasteiger partial charge on any atom is -0.451 e. The summed E-state index contributed by atoms with van der Waals surface area (Å²) in [7, 11) is 0. The molecule has 4 rings (SSSR count). The van der Waals surface area contributed by atoms with Crippen LogP contribution in [-0.4, -0.2) is 10.9 Å². The summed E-state index contributed by atoms with van der Waals surface area (Å²) in [4.78, 5) is 18.3. The Balaban J connectivity index is 1.62. The Kier molecular flexibility index (Phi) is 3.64. The predicted molar refractivity (Wildman–Crippen MR) is 92.2 cm³/mol. The molecule has 0 saturated carbocycles. The Morgan fingerprint density at radius 2 is 2.29 bits per heavy atom. The summed E-state index contributed by atoms with van der Waals surface area (Å²) in [6, 6.07) is 4.25. The van der Waals surface area contributed by atoms with Gasteiger partial charge in [-0.05, 0) is 50.3 Å². The quantitative estimate of drug-likeness (QED) is 0.732. The van der Waals surface area contributed by atoms with Crippen molar-refractivity contribution in [2.45, 2.75) is 33.1 Å². The number of nitrogens with one attached hydrogen (secondary N) is 1. The third-order valence-electron chi connectivity index (χ3n) is 4.51. The first kappa shape index (κ1) is 15.3. The number of carbonyl (C=O) groups is 1. The monoisotopic (exact) mass is 344 g/mol. The van der Waals surface area contributed by atoms with Crippen molar-refractivity contribution in [3.05, 3.63) is 45.9 Å². The van der Waals surface area contributed by atoms with E-state index in [9.17, 15) is 9.18 Å². The summed E-state index contributed by atoms with van der Waals surface area (Å²) in [5, 5.41) is 4.05. The minimum absolute atomic E-state index is 0.206. The van der Waals surface area contributed by atoms with Crippen molar-refractivity contribution in [2.24, 2.45) is 5.92 Å². The number of amides is 1. The van der Waals surface area contributed by atoms with Crippen LogP contribution in [0, 0.1) is 18.7 Å². The van der Waals surface area contributed by atoms with E-state index in [4.69, 9.17) is 4.42 Å². The number of hydrogen-bond acceptors (Lipinski definition) is 4. The second-order valence-corrected chi connectivity index (χ2v) is 7.47. The number of rotatable bonds is 2. The van der Waals surface area contributed by atoms with Crippen LogP contribution >= 0.6 is 11.3 Å². The van der Waals surface area contributed by atoms with E-state index in [-0.39, 0.29) is 17.5 Å². The van der Waals surface area contributed by atoms with Gasteiger partial charge in [-0.1, -0.05) is 6.92 Å². The minimum atomic E-state index is -0.347. The second-order valence-electron chi connectivity index (χ2n) is 6.39. The molecule has 1 N–H and O–H groups in total. The maximum absolute atomic E-state index is 13.4. The molecule has 0 fully saturated rings. The first-order valence-electron chi connectivity index (χ1n) is 8.00. The molecule has 4 nitrogen and oxygen atoms in total. The van der Waals surface area contributed by atoms with Gasteiger partial charge in [0.1, 0.15) is 11.4 Å². The summed E-state index contributed by atoms with van der Waals surface area (Å²) in [5.74, 6) is 0.175. The van der Waals surface area contributed by atoms with E-state index in [0.29, 0.717) is 27.6 Å². The lowest BCUT2D eigenvalue weighted by Crippen LogP contribution is -2.12. The standard InChI is InChI=1S/C18H17FN2O2S/c1-9-3-5-13-15(7-9)24-18(20-13)21-17(22)16-10(2)12-8-11(19)4-6-14(12)23-16/h4,6,8-9H,3,5,7H2,1-2H3,(H,20,21,22)/t9-/m0/s1. The van der Waals surface area contributed by atoms with E-state index < -0.39 is 0 Å². The highest BCUT2D eigenvalue weighted by atomic mass is 32.1. The van der Waals surface area contributed by atoms with Crippen LogP contribution < -0.4 is 5.32 Å². The topological polar surface area (TPSA) is 55.1 Å². The van der Waals surface area contributed by atoms with Gasteiger partial charge in [0.25, 0.3) is 5.91 Å². The third-order valence-corrected chi connectivity index (χ3v) is 5.55. The van der Waals surface area contributed by atoms with Gasteiger partial charge in [0, 0.05) is 15.8 Å². The number of thiazole rings is 1. The van der Waals surface area contributed by atoms with Gasteiger partial charge in [0.15, 0.2) is 10.9 Å². The van der Waals surface area contributed by atoms with Crippen molar-refractivity contribution in [2.75, 3.05) is 5.32 Å². The molecule has 0 saturated heterocycles. The zero-order chi connectivity index (χ0) is 16.8. The molecule has 3 aromatic rings. The first-order valence-corrected chi connectivity index (χ1v) is 8.81. The van der Waals surface area contributed by atoms with Crippen LogP contribution in [0.3, 0.4) is 0 Å². The number of aromatic nitrogens is 1. The Morgan fingerprint density at radius 3 is 3.12 bits per heavy atom. The molecule has 0 radical (unpaired) electrons. The van der Waals surface area contributed by atoms with Crippen molar-refractivity contribution < 1.29 is 13.6 Å². The van der Waals surface area contributed by atoms with Crippen LogP contribution in [0.25, 0.3) is 11.0 Å². The van der Waals surface area contributed by atoms with Crippen LogP contribution in [0.2, 0.25) is 0 Å². The summed E-state index contributed by atoms with van der Waals surface area (Å²) >= 11 is 1.53. The van der Waals surface area contributed by atoms with Crippen LogP contribution in [-0.2, 0) is 12.8 Å². The Labute approximate surface area is 142 Å². The van der Waals surface area contributed by atoms with Crippen LogP contribution in [0.15, 0.2) is 22.6 Å². The number of carbonyl (C=O) groups excluding carboxylic acids is 1. The number of furan rings is 1. The number of nitrogens with zero attached hydrogens (tertiary/aromatic N) is 1.